The maximum atomic E-state index is 10.8. The van der Waals surface area contributed by atoms with E-state index in [1.807, 2.05) is 32.0 Å². The smallest absolute Gasteiger partial charge is 0.532 e. The lowest BCUT2D eigenvalue weighted by molar-refractivity contribution is 0.00578. The molecule has 0 aromatic heterocycles. The van der Waals surface area contributed by atoms with Gasteiger partial charge in [-0.2, -0.15) is 0 Å². The van der Waals surface area contributed by atoms with Crippen LogP contribution in [0.3, 0.4) is 0 Å². The summed E-state index contributed by atoms with van der Waals surface area (Å²) in [6, 6.07) is 10.5. The fourth-order valence-electron chi connectivity index (χ4n) is 4.63. The van der Waals surface area contributed by atoms with Crippen molar-refractivity contribution in [3.8, 4) is 11.5 Å². The van der Waals surface area contributed by atoms with E-state index in [9.17, 15) is 9.82 Å². The number of fused-ring (bicyclic) bond motifs is 1. The van der Waals surface area contributed by atoms with Gasteiger partial charge in [0.05, 0.1) is 28.0 Å². The van der Waals surface area contributed by atoms with Crippen molar-refractivity contribution in [2.24, 2.45) is 0 Å². The molecule has 0 amide bonds. The van der Waals surface area contributed by atoms with E-state index in [-0.39, 0.29) is 53.9 Å². The van der Waals surface area contributed by atoms with Crippen LogP contribution in [0.15, 0.2) is 50.8 Å². The number of benzene rings is 2. The Bertz CT molecular complexity index is 1380. The van der Waals surface area contributed by atoms with Gasteiger partial charge in [-0.1, -0.05) is 38.8 Å². The normalized spacial score (nSPS) is 20.6. The average Bonchev–Trinajstić information content (AvgIpc) is 3.28. The molecule has 2 saturated heterocycles. The minimum Gasteiger partial charge on any atom is -0.532 e. The highest BCUT2D eigenvalue weighted by molar-refractivity contribution is 9.10. The molecule has 0 spiro atoms. The summed E-state index contributed by atoms with van der Waals surface area (Å²) >= 11 is 6.61. The highest BCUT2D eigenvalue weighted by Gasteiger charge is 2.60. The van der Waals surface area contributed by atoms with E-state index in [1.54, 1.807) is 12.1 Å². The van der Waals surface area contributed by atoms with Gasteiger partial charge in [-0.15, -0.1) is 0 Å². The molecule has 0 saturated carbocycles. The molecule has 3 heterocycles. The maximum absolute atomic E-state index is 10.8. The first-order valence-electron chi connectivity index (χ1n) is 15.0. The molecule has 8 nitrogen and oxygen atoms in total. The Labute approximate surface area is 286 Å². The number of hydrogen-bond donors (Lipinski definition) is 2. The third-order valence-electron chi connectivity index (χ3n) is 9.29. The SMILES string of the molecule is CC(=O)c1cc(Br)ccc1O.CC(B1OC(C)(C)C(C)(C)O1)B1OC(C)(C)C(C)(C)O1.CC1=C(C)c2cc(Br)ccc2OB1O. The first-order valence-corrected chi connectivity index (χ1v) is 16.6. The molecule has 0 aliphatic carbocycles. The molecular weight excluding hydrogens is 705 g/mol. The molecule has 45 heavy (non-hydrogen) atoms. The van der Waals surface area contributed by atoms with Gasteiger partial charge < -0.3 is 33.4 Å². The fraction of sp³-hybridized carbons (Fsp3) is 0.531. The fourth-order valence-corrected chi connectivity index (χ4v) is 5.35. The number of phenols is 1. The Morgan fingerprint density at radius 2 is 1.20 bits per heavy atom. The van der Waals surface area contributed by atoms with Crippen LogP contribution in [0.25, 0.3) is 5.57 Å². The summed E-state index contributed by atoms with van der Waals surface area (Å²) in [5, 5.41) is 18.7. The van der Waals surface area contributed by atoms with Crippen molar-refractivity contribution in [3.05, 3.63) is 61.9 Å². The summed E-state index contributed by atoms with van der Waals surface area (Å²) in [7, 11) is -1.42. The maximum Gasteiger partial charge on any atom is 0.555 e. The van der Waals surface area contributed by atoms with Crippen molar-refractivity contribution < 1.29 is 38.2 Å². The number of aromatic hydroxyl groups is 1. The molecule has 0 bridgehead atoms. The van der Waals surface area contributed by atoms with Gasteiger partial charge in [-0.25, -0.2) is 0 Å². The lowest BCUT2D eigenvalue weighted by atomic mass is 9.53. The number of rotatable bonds is 3. The second-order valence-corrected chi connectivity index (χ2v) is 15.6. The van der Waals surface area contributed by atoms with Gasteiger partial charge in [0.1, 0.15) is 11.5 Å². The number of carbonyl (C=O) groups is 1. The zero-order chi connectivity index (χ0) is 34.3. The van der Waals surface area contributed by atoms with Crippen LogP contribution in [-0.4, -0.2) is 59.7 Å². The van der Waals surface area contributed by atoms with E-state index in [0.29, 0.717) is 5.56 Å². The molecular formula is C32H45B3Br2O8. The Morgan fingerprint density at radius 1 is 0.778 bits per heavy atom. The topological polar surface area (TPSA) is 104 Å². The first kappa shape index (κ1) is 37.9. The first-order chi connectivity index (χ1) is 20.5. The van der Waals surface area contributed by atoms with Crippen molar-refractivity contribution in [1.82, 2.24) is 0 Å². The minimum atomic E-state index is -0.802. The van der Waals surface area contributed by atoms with E-state index in [4.69, 9.17) is 28.4 Å². The van der Waals surface area contributed by atoms with Gasteiger partial charge in [0.2, 0.25) is 0 Å². The molecule has 3 aliphatic rings. The Balaban J connectivity index is 0.000000194. The van der Waals surface area contributed by atoms with Crippen molar-refractivity contribution in [3.63, 3.8) is 0 Å². The summed E-state index contributed by atoms with van der Waals surface area (Å²) in [5.74, 6) is 0.633. The molecule has 0 atom stereocenters. The van der Waals surface area contributed by atoms with Gasteiger partial charge in [-0.3, -0.25) is 4.79 Å². The van der Waals surface area contributed by atoms with Crippen LogP contribution >= 0.6 is 31.9 Å². The Kier molecular flexibility index (Phi) is 11.7. The second-order valence-electron chi connectivity index (χ2n) is 13.7. The predicted octanol–water partition coefficient (Wildman–Crippen LogP) is 8.11. The van der Waals surface area contributed by atoms with Crippen LogP contribution in [0, 0.1) is 0 Å². The van der Waals surface area contributed by atoms with E-state index in [0.717, 1.165) is 31.3 Å². The molecule has 2 fully saturated rings. The standard InChI is InChI=1S/C14H28B2O4.C10H10BBrO2.C8H7BrO2/c1-10(15-17-11(2,3)12(4,5)18-15)16-19-13(6,7)14(8,9)20-16;1-6-7(2)11(13)14-10-4-3-8(12)5-9(6)10;1-5(10)7-4-6(9)2-3-8(7)11/h10H,1-9H3;3-5,13H,1-2H3;2-4,11H,1H3. The Hall–Kier alpha value is -1.60. The molecule has 244 valence electrons. The van der Waals surface area contributed by atoms with Gasteiger partial charge in [0.15, 0.2) is 5.78 Å². The van der Waals surface area contributed by atoms with E-state index in [1.165, 1.54) is 13.0 Å². The van der Waals surface area contributed by atoms with Crippen molar-refractivity contribution in [1.29, 1.82) is 0 Å². The molecule has 0 radical (unpaired) electrons. The summed E-state index contributed by atoms with van der Waals surface area (Å²) in [6.45, 7) is 23.8. The molecule has 2 N–H and O–H groups in total. The summed E-state index contributed by atoms with van der Waals surface area (Å²) < 4.78 is 31.5. The second kappa shape index (κ2) is 13.9. The largest absolute Gasteiger partial charge is 0.555 e. The summed E-state index contributed by atoms with van der Waals surface area (Å²) in [4.78, 5) is 10.8. The van der Waals surface area contributed by atoms with Crippen LogP contribution in [0.1, 0.15) is 99.0 Å². The van der Waals surface area contributed by atoms with Crippen molar-refractivity contribution in [2.45, 2.75) is 111 Å². The minimum absolute atomic E-state index is 0.0112. The number of hydrogen-bond acceptors (Lipinski definition) is 8. The zero-order valence-electron chi connectivity index (χ0n) is 28.4. The predicted molar refractivity (Wildman–Crippen MR) is 188 cm³/mol. The van der Waals surface area contributed by atoms with Gasteiger partial charge in [0, 0.05) is 20.2 Å². The zero-order valence-corrected chi connectivity index (χ0v) is 31.5. The van der Waals surface area contributed by atoms with Crippen LogP contribution in [0.2, 0.25) is 5.72 Å². The number of carbonyl (C=O) groups excluding carboxylic acids is 1. The molecule has 2 aromatic carbocycles. The third kappa shape index (κ3) is 8.47. The van der Waals surface area contributed by atoms with Crippen LogP contribution in [-0.2, 0) is 18.6 Å². The van der Waals surface area contributed by atoms with Crippen LogP contribution in [0.4, 0.5) is 0 Å². The number of phenolic OH excluding ortho intramolecular Hbond substituents is 1. The van der Waals surface area contributed by atoms with E-state index in [2.05, 4.69) is 94.2 Å². The quantitative estimate of drug-likeness (QED) is 0.240. The van der Waals surface area contributed by atoms with Gasteiger partial charge in [-0.05, 0) is 124 Å². The number of allylic oxidation sites excluding steroid dienone is 2. The molecule has 3 aliphatic heterocycles. The van der Waals surface area contributed by atoms with Crippen molar-refractivity contribution in [2.75, 3.05) is 0 Å². The highest BCUT2D eigenvalue weighted by Crippen LogP contribution is 2.45. The van der Waals surface area contributed by atoms with Crippen molar-refractivity contribution >= 4 is 64.6 Å². The van der Waals surface area contributed by atoms with Gasteiger partial charge >= 0.3 is 21.4 Å². The molecule has 2 aromatic rings. The average molecular weight is 750 g/mol. The number of Topliss-reactive ketones (excluding diaryl/α,β-unsaturated/α-hetero) is 1. The molecule has 5 rings (SSSR count). The Morgan fingerprint density at radius 3 is 1.62 bits per heavy atom. The van der Waals surface area contributed by atoms with E-state index < -0.39 is 7.12 Å². The van der Waals surface area contributed by atoms with Crippen LogP contribution in [0.5, 0.6) is 11.5 Å². The summed E-state index contributed by atoms with van der Waals surface area (Å²) in [6.07, 6.45) is 0. The highest BCUT2D eigenvalue weighted by atomic mass is 79.9. The van der Waals surface area contributed by atoms with Crippen LogP contribution < -0.4 is 4.65 Å². The molecule has 0 unspecified atom stereocenters. The lowest BCUT2D eigenvalue weighted by Crippen LogP contribution is -2.41. The van der Waals surface area contributed by atoms with Gasteiger partial charge in [0.25, 0.3) is 0 Å². The molecule has 13 heteroatoms. The lowest BCUT2D eigenvalue weighted by Gasteiger charge is -2.32. The third-order valence-corrected chi connectivity index (χ3v) is 10.3. The monoisotopic (exact) mass is 748 g/mol. The van der Waals surface area contributed by atoms with E-state index >= 15 is 0 Å². The number of halogens is 2. The number of ketones is 1. The summed E-state index contributed by atoms with van der Waals surface area (Å²) in [5.41, 5.74) is 2.06.